The Balaban J connectivity index is 1.65. The van der Waals surface area contributed by atoms with Gasteiger partial charge in [0.25, 0.3) is 0 Å². The van der Waals surface area contributed by atoms with Crippen molar-refractivity contribution in [2.75, 3.05) is 0 Å². The van der Waals surface area contributed by atoms with Crippen LogP contribution in [0.1, 0.15) is 26.3 Å². The molecule has 6 rings (SSSR count). The van der Waals surface area contributed by atoms with E-state index in [-0.39, 0.29) is 5.41 Å². The van der Waals surface area contributed by atoms with Crippen LogP contribution in [0.3, 0.4) is 0 Å². The molecule has 0 saturated heterocycles. The van der Waals surface area contributed by atoms with Crippen LogP contribution in [0.5, 0.6) is 0 Å². The maximum Gasteiger partial charge on any atom is 0.0738 e. The molecule has 4 heteroatoms. The molecular formula is C31H26N4. The molecule has 35 heavy (non-hydrogen) atoms. The number of nitrogens with one attached hydrogen (secondary N) is 1. The minimum atomic E-state index is -0.0183. The van der Waals surface area contributed by atoms with Crippen LogP contribution in [0.25, 0.3) is 55.6 Å². The van der Waals surface area contributed by atoms with E-state index in [1.165, 1.54) is 5.56 Å². The number of hydrogen-bond acceptors (Lipinski definition) is 3. The second-order valence-corrected chi connectivity index (χ2v) is 9.92. The van der Waals surface area contributed by atoms with Crippen LogP contribution >= 0.6 is 0 Å². The summed E-state index contributed by atoms with van der Waals surface area (Å²) in [5.41, 5.74) is 9.35. The standard InChI is InChI=1S/C31H26N4/c1-31(2,3)21-16-22-24-18-32-19-25(27-12-7-8-15-33-27)30(24)35-29(22)23(17-21)28-14-9-13-26(34-28)20-10-5-4-6-11-20/h4-19,35H,1-3H3. The number of nitrogens with zero attached hydrogens (tertiary/aromatic N) is 3. The Bertz CT molecular complexity index is 1660. The number of aromatic amines is 1. The van der Waals surface area contributed by atoms with E-state index in [1.54, 1.807) is 0 Å². The third kappa shape index (κ3) is 3.77. The van der Waals surface area contributed by atoms with Gasteiger partial charge in [0.05, 0.1) is 28.1 Å². The third-order valence-electron chi connectivity index (χ3n) is 6.53. The lowest BCUT2D eigenvalue weighted by atomic mass is 9.84. The average molecular weight is 455 g/mol. The summed E-state index contributed by atoms with van der Waals surface area (Å²) < 4.78 is 0. The monoisotopic (exact) mass is 454 g/mol. The van der Waals surface area contributed by atoms with Crippen LogP contribution in [-0.4, -0.2) is 19.9 Å². The van der Waals surface area contributed by atoms with Crippen molar-refractivity contribution in [3.05, 3.63) is 103 Å². The van der Waals surface area contributed by atoms with Crippen LogP contribution in [0.4, 0.5) is 0 Å². The first kappa shape index (κ1) is 21.2. The van der Waals surface area contributed by atoms with E-state index < -0.39 is 0 Å². The first-order chi connectivity index (χ1) is 17.0. The number of pyridine rings is 3. The van der Waals surface area contributed by atoms with Gasteiger partial charge in [0, 0.05) is 46.1 Å². The second kappa shape index (κ2) is 8.17. The number of aromatic nitrogens is 4. The minimum absolute atomic E-state index is 0.0183. The van der Waals surface area contributed by atoms with Gasteiger partial charge >= 0.3 is 0 Å². The molecular weight excluding hydrogens is 428 g/mol. The Hall–Kier alpha value is -4.31. The lowest BCUT2D eigenvalue weighted by Gasteiger charge is -2.20. The Kier molecular flexibility index (Phi) is 4.96. The van der Waals surface area contributed by atoms with Gasteiger partial charge in [-0.05, 0) is 47.4 Å². The van der Waals surface area contributed by atoms with Gasteiger partial charge in [-0.25, -0.2) is 4.98 Å². The molecule has 4 aromatic heterocycles. The maximum atomic E-state index is 5.09. The number of hydrogen-bond donors (Lipinski definition) is 1. The molecule has 0 aliphatic rings. The molecule has 0 amide bonds. The van der Waals surface area contributed by atoms with Crippen LogP contribution < -0.4 is 0 Å². The van der Waals surface area contributed by atoms with Crippen molar-refractivity contribution in [1.82, 2.24) is 19.9 Å². The molecule has 0 bridgehead atoms. The molecule has 0 aliphatic carbocycles. The molecule has 0 aliphatic heterocycles. The summed E-state index contributed by atoms with van der Waals surface area (Å²) in [5.74, 6) is 0. The van der Waals surface area contributed by atoms with E-state index in [9.17, 15) is 0 Å². The molecule has 0 atom stereocenters. The summed E-state index contributed by atoms with van der Waals surface area (Å²) >= 11 is 0. The predicted octanol–water partition coefficient (Wildman–Crippen LogP) is 7.80. The summed E-state index contributed by atoms with van der Waals surface area (Å²) in [4.78, 5) is 18.0. The molecule has 0 saturated carbocycles. The molecule has 0 spiro atoms. The smallest absolute Gasteiger partial charge is 0.0738 e. The van der Waals surface area contributed by atoms with Crippen molar-refractivity contribution >= 4 is 21.8 Å². The highest BCUT2D eigenvalue weighted by Crippen LogP contribution is 2.39. The fourth-order valence-corrected chi connectivity index (χ4v) is 4.62. The van der Waals surface area contributed by atoms with E-state index in [4.69, 9.17) is 4.98 Å². The molecule has 1 N–H and O–H groups in total. The maximum absolute atomic E-state index is 5.09. The zero-order valence-electron chi connectivity index (χ0n) is 20.1. The van der Waals surface area contributed by atoms with Crippen molar-refractivity contribution in [2.24, 2.45) is 0 Å². The van der Waals surface area contributed by atoms with Crippen LogP contribution in [0, 0.1) is 0 Å². The Morgan fingerprint density at radius 3 is 2.17 bits per heavy atom. The van der Waals surface area contributed by atoms with Crippen molar-refractivity contribution < 1.29 is 0 Å². The first-order valence-corrected chi connectivity index (χ1v) is 11.9. The summed E-state index contributed by atoms with van der Waals surface area (Å²) in [5, 5.41) is 2.24. The highest BCUT2D eigenvalue weighted by molar-refractivity contribution is 6.14. The lowest BCUT2D eigenvalue weighted by molar-refractivity contribution is 0.591. The van der Waals surface area contributed by atoms with Crippen LogP contribution in [0.15, 0.2) is 97.5 Å². The number of rotatable bonds is 3. The normalized spacial score (nSPS) is 11.9. The fraction of sp³-hybridized carbons (Fsp3) is 0.129. The van der Waals surface area contributed by atoms with Gasteiger partial charge in [-0.2, -0.15) is 0 Å². The van der Waals surface area contributed by atoms with E-state index in [2.05, 4.69) is 78.2 Å². The molecule has 0 unspecified atom stereocenters. The van der Waals surface area contributed by atoms with Gasteiger partial charge in [0.15, 0.2) is 0 Å². The largest absolute Gasteiger partial charge is 0.353 e. The summed E-state index contributed by atoms with van der Waals surface area (Å²) in [7, 11) is 0. The van der Waals surface area contributed by atoms with Gasteiger partial charge in [0.2, 0.25) is 0 Å². The van der Waals surface area contributed by atoms with Crippen LogP contribution in [0.2, 0.25) is 0 Å². The van der Waals surface area contributed by atoms with Crippen molar-refractivity contribution in [2.45, 2.75) is 26.2 Å². The quantitative estimate of drug-likeness (QED) is 0.297. The van der Waals surface area contributed by atoms with Crippen molar-refractivity contribution in [3.8, 4) is 33.8 Å². The van der Waals surface area contributed by atoms with Crippen molar-refractivity contribution in [1.29, 1.82) is 0 Å². The predicted molar refractivity (Wildman–Crippen MR) is 144 cm³/mol. The SMILES string of the molecule is CC(C)(C)c1cc(-c2cccc(-c3ccccc3)n2)c2[nH]c3c(-c4ccccn4)cncc3c2c1. The molecule has 0 fully saturated rings. The highest BCUT2D eigenvalue weighted by atomic mass is 14.8. The van der Waals surface area contributed by atoms with Crippen LogP contribution in [-0.2, 0) is 5.41 Å². The summed E-state index contributed by atoms with van der Waals surface area (Å²) in [6.45, 7) is 6.74. The number of H-pyrrole nitrogens is 1. The number of benzene rings is 2. The Labute approximate surface area is 204 Å². The third-order valence-corrected chi connectivity index (χ3v) is 6.53. The van der Waals surface area contributed by atoms with Gasteiger partial charge in [0.1, 0.15) is 0 Å². The van der Waals surface area contributed by atoms with E-state index >= 15 is 0 Å². The van der Waals surface area contributed by atoms with E-state index in [1.807, 2.05) is 55.0 Å². The molecule has 2 aromatic carbocycles. The number of fused-ring (bicyclic) bond motifs is 3. The average Bonchev–Trinajstić information content (AvgIpc) is 3.28. The van der Waals surface area contributed by atoms with Crippen molar-refractivity contribution in [3.63, 3.8) is 0 Å². The zero-order chi connectivity index (χ0) is 24.0. The molecule has 6 aromatic rings. The van der Waals surface area contributed by atoms with E-state index in [0.717, 1.165) is 55.6 Å². The van der Waals surface area contributed by atoms with Gasteiger partial charge in [-0.15, -0.1) is 0 Å². The van der Waals surface area contributed by atoms with Gasteiger partial charge in [-0.3, -0.25) is 9.97 Å². The topological polar surface area (TPSA) is 54.5 Å². The first-order valence-electron chi connectivity index (χ1n) is 11.9. The highest BCUT2D eigenvalue weighted by Gasteiger charge is 2.21. The minimum Gasteiger partial charge on any atom is -0.353 e. The summed E-state index contributed by atoms with van der Waals surface area (Å²) in [6.07, 6.45) is 5.66. The van der Waals surface area contributed by atoms with E-state index in [0.29, 0.717) is 0 Å². The zero-order valence-corrected chi connectivity index (χ0v) is 20.1. The molecule has 4 nitrogen and oxygen atoms in total. The molecule has 4 heterocycles. The van der Waals surface area contributed by atoms with Gasteiger partial charge < -0.3 is 4.98 Å². The van der Waals surface area contributed by atoms with Gasteiger partial charge in [-0.1, -0.05) is 63.2 Å². The second-order valence-electron chi connectivity index (χ2n) is 9.92. The molecule has 0 radical (unpaired) electrons. The fourth-order valence-electron chi connectivity index (χ4n) is 4.62. The lowest BCUT2D eigenvalue weighted by Crippen LogP contribution is -2.11. The molecule has 170 valence electrons. The Morgan fingerprint density at radius 2 is 1.40 bits per heavy atom. The Morgan fingerprint density at radius 1 is 0.657 bits per heavy atom. The summed E-state index contributed by atoms with van der Waals surface area (Å²) in [6, 6.07) is 27.1.